The van der Waals surface area contributed by atoms with Crippen LogP contribution in [-0.2, 0) is 10.3 Å². The molecule has 0 radical (unpaired) electrons. The number of methoxy groups -OCH3 is 1. The summed E-state index contributed by atoms with van der Waals surface area (Å²) >= 11 is 0. The number of aliphatic hydroxyl groups is 1. The summed E-state index contributed by atoms with van der Waals surface area (Å²) in [4.78, 5) is 0. The van der Waals surface area contributed by atoms with Crippen LogP contribution in [0.4, 0.5) is 0 Å². The highest BCUT2D eigenvalue weighted by atomic mass is 16.5. The molecule has 1 aromatic rings. The molecule has 0 amide bonds. The van der Waals surface area contributed by atoms with Crippen LogP contribution < -0.4 is 0 Å². The molecule has 1 unspecified atom stereocenters. The van der Waals surface area contributed by atoms with Gasteiger partial charge in [-0.25, -0.2) is 0 Å². The molecule has 14 heavy (non-hydrogen) atoms. The summed E-state index contributed by atoms with van der Waals surface area (Å²) in [7, 11) is 1.61. The minimum Gasteiger partial charge on any atom is -0.383 e. The molecule has 1 N–H and O–H groups in total. The van der Waals surface area contributed by atoms with Crippen LogP contribution in [0, 0.1) is 6.92 Å². The van der Waals surface area contributed by atoms with E-state index in [9.17, 15) is 5.11 Å². The fourth-order valence-corrected chi connectivity index (χ4v) is 1.49. The van der Waals surface area contributed by atoms with Gasteiger partial charge in [0.2, 0.25) is 0 Å². The van der Waals surface area contributed by atoms with E-state index in [1.165, 1.54) is 5.56 Å². The summed E-state index contributed by atoms with van der Waals surface area (Å²) in [6, 6.07) is 7.92. The topological polar surface area (TPSA) is 29.5 Å². The lowest BCUT2D eigenvalue weighted by Gasteiger charge is -2.26. The van der Waals surface area contributed by atoms with E-state index in [-0.39, 0.29) is 0 Å². The van der Waals surface area contributed by atoms with Gasteiger partial charge in [0.15, 0.2) is 0 Å². The van der Waals surface area contributed by atoms with Gasteiger partial charge in [-0.2, -0.15) is 0 Å². The van der Waals surface area contributed by atoms with Crippen molar-refractivity contribution in [1.82, 2.24) is 0 Å². The zero-order chi connectivity index (χ0) is 10.6. The van der Waals surface area contributed by atoms with E-state index < -0.39 is 5.60 Å². The summed E-state index contributed by atoms with van der Waals surface area (Å²) < 4.78 is 5.03. The zero-order valence-electron chi connectivity index (χ0n) is 9.08. The number of ether oxygens (including phenoxy) is 1. The van der Waals surface area contributed by atoms with Crippen molar-refractivity contribution in [1.29, 1.82) is 0 Å². The minimum absolute atomic E-state index is 0.340. The fraction of sp³-hybridized carbons (Fsp3) is 0.500. The molecule has 0 spiro atoms. The van der Waals surface area contributed by atoms with Crippen molar-refractivity contribution in [3.05, 3.63) is 35.4 Å². The first-order valence-electron chi connectivity index (χ1n) is 4.91. The highest BCUT2D eigenvalue weighted by Gasteiger charge is 2.26. The standard InChI is InChI=1S/C12H18O2/c1-4-12(13,9-14-3)11-7-5-10(2)6-8-11/h5-8,13H,4,9H2,1-3H3. The van der Waals surface area contributed by atoms with Gasteiger partial charge in [0.1, 0.15) is 5.60 Å². The maximum absolute atomic E-state index is 10.3. The Morgan fingerprint density at radius 1 is 1.29 bits per heavy atom. The summed E-state index contributed by atoms with van der Waals surface area (Å²) in [5, 5.41) is 10.3. The molecular weight excluding hydrogens is 176 g/mol. The highest BCUT2D eigenvalue weighted by molar-refractivity contribution is 5.26. The molecule has 78 valence electrons. The van der Waals surface area contributed by atoms with E-state index in [0.29, 0.717) is 13.0 Å². The molecule has 0 bridgehead atoms. The maximum Gasteiger partial charge on any atom is 0.113 e. The number of rotatable bonds is 4. The number of benzene rings is 1. The van der Waals surface area contributed by atoms with Gasteiger partial charge in [-0.15, -0.1) is 0 Å². The Morgan fingerprint density at radius 3 is 2.29 bits per heavy atom. The Hall–Kier alpha value is -0.860. The first-order valence-corrected chi connectivity index (χ1v) is 4.91. The van der Waals surface area contributed by atoms with E-state index in [1.807, 2.05) is 38.1 Å². The molecule has 2 heteroatoms. The molecule has 1 rings (SSSR count). The number of aryl methyl sites for hydroxylation is 1. The van der Waals surface area contributed by atoms with Gasteiger partial charge in [0, 0.05) is 7.11 Å². The van der Waals surface area contributed by atoms with Crippen LogP contribution in [0.2, 0.25) is 0 Å². The Labute approximate surface area is 85.5 Å². The van der Waals surface area contributed by atoms with Crippen molar-refractivity contribution in [3.63, 3.8) is 0 Å². The molecule has 0 aliphatic rings. The molecule has 1 aromatic carbocycles. The molecule has 0 aliphatic carbocycles. The summed E-state index contributed by atoms with van der Waals surface area (Å²) in [5.41, 5.74) is 1.28. The lowest BCUT2D eigenvalue weighted by molar-refractivity contribution is -0.0386. The molecule has 0 aliphatic heterocycles. The van der Waals surface area contributed by atoms with Gasteiger partial charge in [-0.3, -0.25) is 0 Å². The average Bonchev–Trinajstić information content (AvgIpc) is 2.19. The Balaban J connectivity index is 2.94. The third kappa shape index (κ3) is 2.34. The van der Waals surface area contributed by atoms with Crippen molar-refractivity contribution in [2.75, 3.05) is 13.7 Å². The number of hydrogen-bond donors (Lipinski definition) is 1. The van der Waals surface area contributed by atoms with E-state index in [1.54, 1.807) is 7.11 Å². The highest BCUT2D eigenvalue weighted by Crippen LogP contribution is 2.25. The Morgan fingerprint density at radius 2 is 1.86 bits per heavy atom. The summed E-state index contributed by atoms with van der Waals surface area (Å²) in [5.74, 6) is 0. The average molecular weight is 194 g/mol. The maximum atomic E-state index is 10.3. The van der Waals surface area contributed by atoms with Gasteiger partial charge >= 0.3 is 0 Å². The van der Waals surface area contributed by atoms with E-state index in [0.717, 1.165) is 5.56 Å². The van der Waals surface area contributed by atoms with Crippen molar-refractivity contribution >= 4 is 0 Å². The molecule has 0 aromatic heterocycles. The lowest BCUT2D eigenvalue weighted by atomic mass is 9.91. The van der Waals surface area contributed by atoms with Gasteiger partial charge in [0.25, 0.3) is 0 Å². The Bertz CT molecular complexity index is 279. The lowest BCUT2D eigenvalue weighted by Crippen LogP contribution is -2.30. The van der Waals surface area contributed by atoms with Crippen LogP contribution in [0.1, 0.15) is 24.5 Å². The van der Waals surface area contributed by atoms with Gasteiger partial charge in [0.05, 0.1) is 6.61 Å². The molecule has 0 saturated carbocycles. The summed E-state index contributed by atoms with van der Waals surface area (Å²) in [6.07, 6.45) is 0.657. The van der Waals surface area contributed by atoms with Crippen LogP contribution in [-0.4, -0.2) is 18.8 Å². The van der Waals surface area contributed by atoms with E-state index in [4.69, 9.17) is 4.74 Å². The van der Waals surface area contributed by atoms with Crippen molar-refractivity contribution in [2.24, 2.45) is 0 Å². The van der Waals surface area contributed by atoms with Gasteiger partial charge < -0.3 is 9.84 Å². The van der Waals surface area contributed by atoms with Crippen LogP contribution in [0.25, 0.3) is 0 Å². The minimum atomic E-state index is -0.845. The first kappa shape index (κ1) is 11.2. The summed E-state index contributed by atoms with van der Waals surface area (Å²) in [6.45, 7) is 4.33. The third-order valence-corrected chi connectivity index (χ3v) is 2.56. The first-order chi connectivity index (χ1) is 6.62. The van der Waals surface area contributed by atoms with Crippen molar-refractivity contribution in [3.8, 4) is 0 Å². The second kappa shape index (κ2) is 4.58. The fourth-order valence-electron chi connectivity index (χ4n) is 1.49. The predicted octanol–water partition coefficient (Wildman–Crippen LogP) is 2.24. The van der Waals surface area contributed by atoms with Crippen molar-refractivity contribution in [2.45, 2.75) is 25.9 Å². The van der Waals surface area contributed by atoms with Gasteiger partial charge in [-0.05, 0) is 18.9 Å². The SMILES string of the molecule is CCC(O)(COC)c1ccc(C)cc1. The second-order valence-corrected chi connectivity index (χ2v) is 3.68. The van der Waals surface area contributed by atoms with Crippen LogP contribution in [0.15, 0.2) is 24.3 Å². The monoisotopic (exact) mass is 194 g/mol. The normalized spacial score (nSPS) is 15.1. The molecule has 0 saturated heterocycles. The molecule has 2 nitrogen and oxygen atoms in total. The number of hydrogen-bond acceptors (Lipinski definition) is 2. The van der Waals surface area contributed by atoms with Crippen LogP contribution in [0.3, 0.4) is 0 Å². The molecule has 0 fully saturated rings. The molecular formula is C12H18O2. The molecule has 0 heterocycles. The Kier molecular flexibility index (Phi) is 3.67. The van der Waals surface area contributed by atoms with Crippen LogP contribution >= 0.6 is 0 Å². The van der Waals surface area contributed by atoms with E-state index in [2.05, 4.69) is 0 Å². The van der Waals surface area contributed by atoms with Crippen LogP contribution in [0.5, 0.6) is 0 Å². The predicted molar refractivity (Wildman–Crippen MR) is 57.2 cm³/mol. The largest absolute Gasteiger partial charge is 0.383 e. The van der Waals surface area contributed by atoms with Gasteiger partial charge in [-0.1, -0.05) is 36.8 Å². The molecule has 1 atom stereocenters. The van der Waals surface area contributed by atoms with E-state index >= 15 is 0 Å². The smallest absolute Gasteiger partial charge is 0.113 e. The van der Waals surface area contributed by atoms with Crippen molar-refractivity contribution < 1.29 is 9.84 Å². The quantitative estimate of drug-likeness (QED) is 0.796. The second-order valence-electron chi connectivity index (χ2n) is 3.68. The third-order valence-electron chi connectivity index (χ3n) is 2.56. The zero-order valence-corrected chi connectivity index (χ0v) is 9.08.